The summed E-state index contributed by atoms with van der Waals surface area (Å²) in [5, 5.41) is 13.7. The summed E-state index contributed by atoms with van der Waals surface area (Å²) in [4.78, 5) is 19.3. The number of anilines is 1. The Morgan fingerprint density at radius 2 is 1.84 bits per heavy atom. The summed E-state index contributed by atoms with van der Waals surface area (Å²) in [6.45, 7) is 1.24. The van der Waals surface area contributed by atoms with Gasteiger partial charge in [0.2, 0.25) is 0 Å². The lowest BCUT2D eigenvalue weighted by Crippen LogP contribution is -2.07. The van der Waals surface area contributed by atoms with Gasteiger partial charge >= 0.3 is 5.97 Å². The van der Waals surface area contributed by atoms with Crippen molar-refractivity contribution in [1.29, 1.82) is 0 Å². The van der Waals surface area contributed by atoms with Crippen LogP contribution in [-0.4, -0.2) is 41.3 Å². The summed E-state index contributed by atoms with van der Waals surface area (Å²) in [6.07, 6.45) is 5.92. The van der Waals surface area contributed by atoms with Gasteiger partial charge in [-0.05, 0) is 43.0 Å². The smallest absolute Gasteiger partial charge is 0.303 e. The molecule has 0 fully saturated rings. The maximum absolute atomic E-state index is 10.6. The third kappa shape index (κ3) is 6.99. The predicted molar refractivity (Wildman–Crippen MR) is 126 cm³/mol. The molecule has 7 nitrogen and oxygen atoms in total. The number of aliphatic carboxylic acids is 1. The fourth-order valence-electron chi connectivity index (χ4n) is 3.37. The number of methoxy groups -OCH3 is 1. The third-order valence-corrected chi connectivity index (χ3v) is 5.33. The van der Waals surface area contributed by atoms with Gasteiger partial charge in [-0.3, -0.25) is 4.79 Å². The second kappa shape index (κ2) is 12.1. The standard InChI is InChI=1S/C24H28ClN3O4/c1-31-21-15-20-19(14-22(21)32-13-5-3-2-4-6-23(29)30)24(28-16-27-20)26-12-11-17-7-9-18(25)10-8-17/h7-10,14-16H,2-6,11-13H2,1H3,(H,29,30)(H,26,27,28). The molecule has 8 heteroatoms. The Bertz CT molecular complexity index is 1030. The van der Waals surface area contributed by atoms with Crippen molar-refractivity contribution in [3.05, 3.63) is 53.3 Å². The first-order valence-electron chi connectivity index (χ1n) is 10.7. The number of ether oxygens (including phenoxy) is 2. The highest BCUT2D eigenvalue weighted by Crippen LogP contribution is 2.34. The van der Waals surface area contributed by atoms with Crippen molar-refractivity contribution < 1.29 is 19.4 Å². The Morgan fingerprint density at radius 1 is 1.06 bits per heavy atom. The van der Waals surface area contributed by atoms with Crippen LogP contribution in [0.1, 0.15) is 37.7 Å². The fraction of sp³-hybridized carbons (Fsp3) is 0.375. The molecule has 3 rings (SSSR count). The van der Waals surface area contributed by atoms with Crippen LogP contribution in [-0.2, 0) is 11.2 Å². The zero-order valence-electron chi connectivity index (χ0n) is 18.1. The molecule has 1 aromatic heterocycles. The molecule has 0 amide bonds. The number of rotatable bonds is 13. The Hall–Kier alpha value is -3.06. The number of unbranched alkanes of at least 4 members (excludes halogenated alkanes) is 3. The van der Waals surface area contributed by atoms with Gasteiger partial charge in [0.05, 0.1) is 19.2 Å². The van der Waals surface area contributed by atoms with E-state index in [-0.39, 0.29) is 6.42 Å². The number of carbonyl (C=O) groups is 1. The van der Waals surface area contributed by atoms with Crippen LogP contribution in [0, 0.1) is 0 Å². The van der Waals surface area contributed by atoms with Crippen LogP contribution >= 0.6 is 11.6 Å². The molecular weight excluding hydrogens is 430 g/mol. The fourth-order valence-corrected chi connectivity index (χ4v) is 3.49. The van der Waals surface area contributed by atoms with E-state index < -0.39 is 5.97 Å². The highest BCUT2D eigenvalue weighted by atomic mass is 35.5. The number of carboxylic acids is 1. The first kappa shape index (κ1) is 23.6. The molecular formula is C24H28ClN3O4. The lowest BCUT2D eigenvalue weighted by molar-refractivity contribution is -0.137. The molecule has 3 aromatic rings. The molecule has 0 spiro atoms. The van der Waals surface area contributed by atoms with Gasteiger partial charge < -0.3 is 19.9 Å². The molecule has 0 unspecified atom stereocenters. The third-order valence-electron chi connectivity index (χ3n) is 5.08. The van der Waals surface area contributed by atoms with Crippen LogP contribution in [0.2, 0.25) is 5.02 Å². The zero-order valence-corrected chi connectivity index (χ0v) is 18.9. The predicted octanol–water partition coefficient (Wildman–Crippen LogP) is 5.36. The van der Waals surface area contributed by atoms with E-state index in [2.05, 4.69) is 15.3 Å². The maximum atomic E-state index is 10.6. The van der Waals surface area contributed by atoms with Crippen molar-refractivity contribution in [1.82, 2.24) is 9.97 Å². The number of halogens is 1. The van der Waals surface area contributed by atoms with Crippen LogP contribution in [0.4, 0.5) is 5.82 Å². The molecule has 32 heavy (non-hydrogen) atoms. The van der Waals surface area contributed by atoms with Crippen LogP contribution < -0.4 is 14.8 Å². The number of hydrogen-bond acceptors (Lipinski definition) is 6. The van der Waals surface area contributed by atoms with Gasteiger partial charge in [-0.25, -0.2) is 9.97 Å². The minimum atomic E-state index is -0.748. The minimum absolute atomic E-state index is 0.215. The quantitative estimate of drug-likeness (QED) is 0.333. The first-order valence-corrected chi connectivity index (χ1v) is 11.1. The van der Waals surface area contributed by atoms with E-state index in [1.807, 2.05) is 36.4 Å². The molecule has 0 bridgehead atoms. The maximum Gasteiger partial charge on any atom is 0.303 e. The van der Waals surface area contributed by atoms with Crippen molar-refractivity contribution in [2.45, 2.75) is 38.5 Å². The van der Waals surface area contributed by atoms with Gasteiger partial charge in [0.15, 0.2) is 11.5 Å². The van der Waals surface area contributed by atoms with Gasteiger partial charge in [-0.15, -0.1) is 0 Å². The van der Waals surface area contributed by atoms with E-state index in [9.17, 15) is 4.79 Å². The summed E-state index contributed by atoms with van der Waals surface area (Å²) >= 11 is 5.95. The van der Waals surface area contributed by atoms with E-state index in [0.29, 0.717) is 31.1 Å². The molecule has 0 saturated carbocycles. The van der Waals surface area contributed by atoms with Crippen LogP contribution in [0.25, 0.3) is 10.9 Å². The lowest BCUT2D eigenvalue weighted by Gasteiger charge is -2.14. The number of benzene rings is 2. The molecule has 170 valence electrons. The number of aromatic nitrogens is 2. The number of carboxylic acid groups (broad SMARTS) is 1. The molecule has 0 radical (unpaired) electrons. The van der Waals surface area contributed by atoms with Crippen molar-refractivity contribution in [3.63, 3.8) is 0 Å². The molecule has 1 heterocycles. The number of hydrogen-bond donors (Lipinski definition) is 2. The summed E-state index contributed by atoms with van der Waals surface area (Å²) in [5.74, 6) is 1.25. The molecule has 0 aliphatic heterocycles. The molecule has 0 saturated heterocycles. The van der Waals surface area contributed by atoms with Gasteiger partial charge in [-0.1, -0.05) is 36.6 Å². The Kier molecular flexibility index (Phi) is 8.92. The van der Waals surface area contributed by atoms with Gasteiger partial charge in [-0.2, -0.15) is 0 Å². The van der Waals surface area contributed by atoms with Crippen molar-refractivity contribution in [2.24, 2.45) is 0 Å². The second-order valence-electron chi connectivity index (χ2n) is 7.45. The molecule has 2 N–H and O–H groups in total. The van der Waals surface area contributed by atoms with Crippen LogP contribution in [0.3, 0.4) is 0 Å². The van der Waals surface area contributed by atoms with Gasteiger partial charge in [0.25, 0.3) is 0 Å². The van der Waals surface area contributed by atoms with E-state index in [0.717, 1.165) is 47.4 Å². The van der Waals surface area contributed by atoms with Crippen LogP contribution in [0.15, 0.2) is 42.7 Å². The SMILES string of the molecule is COc1cc2ncnc(NCCc3ccc(Cl)cc3)c2cc1OCCCCCCC(=O)O. The Labute approximate surface area is 192 Å². The molecule has 0 atom stereocenters. The summed E-state index contributed by atoms with van der Waals surface area (Å²) in [6, 6.07) is 11.6. The average molecular weight is 458 g/mol. The monoisotopic (exact) mass is 457 g/mol. The second-order valence-corrected chi connectivity index (χ2v) is 7.89. The van der Waals surface area contributed by atoms with Crippen molar-refractivity contribution in [2.75, 3.05) is 25.6 Å². The summed E-state index contributed by atoms with van der Waals surface area (Å²) in [5.41, 5.74) is 1.96. The number of fused-ring (bicyclic) bond motifs is 1. The summed E-state index contributed by atoms with van der Waals surface area (Å²) in [7, 11) is 1.60. The largest absolute Gasteiger partial charge is 0.493 e. The highest BCUT2D eigenvalue weighted by Gasteiger charge is 2.12. The number of nitrogens with one attached hydrogen (secondary N) is 1. The van der Waals surface area contributed by atoms with E-state index in [1.165, 1.54) is 11.9 Å². The van der Waals surface area contributed by atoms with Crippen molar-refractivity contribution >= 4 is 34.3 Å². The van der Waals surface area contributed by atoms with E-state index >= 15 is 0 Å². The highest BCUT2D eigenvalue weighted by molar-refractivity contribution is 6.30. The van der Waals surface area contributed by atoms with E-state index in [1.54, 1.807) is 7.11 Å². The van der Waals surface area contributed by atoms with Gasteiger partial charge in [0.1, 0.15) is 12.1 Å². The zero-order chi connectivity index (χ0) is 22.8. The minimum Gasteiger partial charge on any atom is -0.493 e. The molecule has 0 aliphatic carbocycles. The topological polar surface area (TPSA) is 93.6 Å². The van der Waals surface area contributed by atoms with Crippen molar-refractivity contribution in [3.8, 4) is 11.5 Å². The first-order chi connectivity index (χ1) is 15.6. The average Bonchev–Trinajstić information content (AvgIpc) is 2.79. The normalized spacial score (nSPS) is 10.8. The van der Waals surface area contributed by atoms with E-state index in [4.69, 9.17) is 26.2 Å². The Balaban J connectivity index is 1.61. The molecule has 0 aliphatic rings. The Morgan fingerprint density at radius 3 is 2.59 bits per heavy atom. The number of nitrogens with zero attached hydrogens (tertiary/aromatic N) is 2. The van der Waals surface area contributed by atoms with Gasteiger partial charge in [0, 0.05) is 29.4 Å². The summed E-state index contributed by atoms with van der Waals surface area (Å²) < 4.78 is 11.4. The van der Waals surface area contributed by atoms with Crippen LogP contribution in [0.5, 0.6) is 11.5 Å². The lowest BCUT2D eigenvalue weighted by atomic mass is 10.1. The molecule has 2 aromatic carbocycles.